The predicted molar refractivity (Wildman–Crippen MR) is 116 cm³/mol. The molecule has 2 aromatic carbocycles. The van der Waals surface area contributed by atoms with Gasteiger partial charge in [0.1, 0.15) is 0 Å². The molecular formula is C20H25N3O4S2. The van der Waals surface area contributed by atoms with Gasteiger partial charge in [-0.1, -0.05) is 36.4 Å². The Labute approximate surface area is 172 Å². The third-order valence-corrected chi connectivity index (χ3v) is 7.88. The molecule has 1 atom stereocenters. The molecule has 0 amide bonds. The Hall–Kier alpha value is -2.39. The normalized spacial score (nSPS) is 17.3. The Kier molecular flexibility index (Phi) is 6.00. The largest absolute Gasteiger partial charge is 0.284 e. The minimum absolute atomic E-state index is 0.0105. The number of nitrogens with one attached hydrogen (secondary N) is 1. The van der Waals surface area contributed by atoms with Gasteiger partial charge in [-0.15, -0.1) is 0 Å². The van der Waals surface area contributed by atoms with Crippen LogP contribution >= 0.6 is 0 Å². The molecule has 1 aliphatic heterocycles. The highest BCUT2D eigenvalue weighted by atomic mass is 32.2. The van der Waals surface area contributed by atoms with Gasteiger partial charge in [-0.05, 0) is 49.6 Å². The molecule has 1 aliphatic rings. The van der Waals surface area contributed by atoms with Crippen LogP contribution < -0.4 is 4.72 Å². The van der Waals surface area contributed by atoms with E-state index < -0.39 is 26.1 Å². The summed E-state index contributed by atoms with van der Waals surface area (Å²) in [6, 6.07) is 14.1. The van der Waals surface area contributed by atoms with E-state index in [4.69, 9.17) is 0 Å². The van der Waals surface area contributed by atoms with Crippen molar-refractivity contribution in [3.63, 3.8) is 0 Å². The molecule has 156 valence electrons. The summed E-state index contributed by atoms with van der Waals surface area (Å²) in [5, 5.41) is 4.44. The molecule has 1 N–H and O–H groups in total. The quantitative estimate of drug-likeness (QED) is 0.722. The van der Waals surface area contributed by atoms with E-state index in [0.717, 1.165) is 16.7 Å². The fourth-order valence-corrected chi connectivity index (χ4v) is 4.93. The van der Waals surface area contributed by atoms with Gasteiger partial charge in [-0.25, -0.2) is 16.8 Å². The lowest BCUT2D eigenvalue weighted by Crippen LogP contribution is -2.29. The van der Waals surface area contributed by atoms with E-state index in [-0.39, 0.29) is 11.5 Å². The van der Waals surface area contributed by atoms with Gasteiger partial charge < -0.3 is 0 Å². The summed E-state index contributed by atoms with van der Waals surface area (Å²) < 4.78 is 52.5. The minimum atomic E-state index is -3.53. The van der Waals surface area contributed by atoms with E-state index >= 15 is 0 Å². The van der Waals surface area contributed by atoms with Gasteiger partial charge in [0, 0.05) is 12.1 Å². The van der Waals surface area contributed by atoms with Crippen molar-refractivity contribution in [2.24, 2.45) is 5.10 Å². The van der Waals surface area contributed by atoms with Crippen LogP contribution in [0.15, 0.2) is 53.6 Å². The number of hydrogen-bond acceptors (Lipinski definition) is 5. The number of benzene rings is 2. The van der Waals surface area contributed by atoms with Crippen LogP contribution in [0.1, 0.15) is 43.0 Å². The fourth-order valence-electron chi connectivity index (χ4n) is 3.23. The van der Waals surface area contributed by atoms with Gasteiger partial charge >= 0.3 is 0 Å². The van der Waals surface area contributed by atoms with Crippen LogP contribution in [0.25, 0.3) is 0 Å². The zero-order valence-corrected chi connectivity index (χ0v) is 18.3. The molecular weight excluding hydrogens is 410 g/mol. The predicted octanol–water partition coefficient (Wildman–Crippen LogP) is 3.26. The molecule has 2 aromatic rings. The van der Waals surface area contributed by atoms with Crippen molar-refractivity contribution in [3.8, 4) is 0 Å². The van der Waals surface area contributed by atoms with Gasteiger partial charge in [0.05, 0.1) is 23.3 Å². The van der Waals surface area contributed by atoms with Crippen LogP contribution in [0.3, 0.4) is 0 Å². The number of aryl methyl sites for hydroxylation is 1. The number of rotatable bonds is 7. The second kappa shape index (κ2) is 8.16. The number of nitrogens with zero attached hydrogens (tertiary/aromatic N) is 2. The summed E-state index contributed by atoms with van der Waals surface area (Å²) in [5.74, 6) is -0.0483. The standard InChI is InChI=1S/C20H25N3O4S2/c1-4-28(24,25)22-17-12-10-16(11-13-17)19-14-20(18-9-7-6-8-15(18)3)23(21-19)29(26,27)5-2/h6-13,20,22H,4-5,14H2,1-3H3/t20-/m1/s1. The summed E-state index contributed by atoms with van der Waals surface area (Å²) in [6.45, 7) is 5.13. The number of anilines is 1. The third kappa shape index (κ3) is 4.62. The van der Waals surface area contributed by atoms with E-state index in [1.807, 2.05) is 31.2 Å². The van der Waals surface area contributed by atoms with Crippen LogP contribution in [-0.4, -0.2) is 38.5 Å². The van der Waals surface area contributed by atoms with Crippen molar-refractivity contribution in [2.75, 3.05) is 16.2 Å². The topological polar surface area (TPSA) is 95.9 Å². The zero-order chi connectivity index (χ0) is 21.2. The highest BCUT2D eigenvalue weighted by Gasteiger charge is 2.36. The van der Waals surface area contributed by atoms with Gasteiger partial charge in [0.25, 0.3) is 0 Å². The molecule has 0 saturated heterocycles. The van der Waals surface area contributed by atoms with Gasteiger partial charge in [0.15, 0.2) is 0 Å². The van der Waals surface area contributed by atoms with Gasteiger partial charge in [0.2, 0.25) is 20.0 Å². The van der Waals surface area contributed by atoms with Crippen LogP contribution in [0.5, 0.6) is 0 Å². The summed E-state index contributed by atoms with van der Waals surface area (Å²) in [4.78, 5) is 0. The molecule has 0 unspecified atom stereocenters. The van der Waals surface area contributed by atoms with Crippen molar-refractivity contribution < 1.29 is 16.8 Å². The number of hydrazone groups is 1. The van der Waals surface area contributed by atoms with E-state index in [9.17, 15) is 16.8 Å². The average Bonchev–Trinajstić information content (AvgIpc) is 3.15. The van der Waals surface area contributed by atoms with Crippen molar-refractivity contribution in [1.29, 1.82) is 0 Å². The number of hydrogen-bond donors (Lipinski definition) is 1. The van der Waals surface area contributed by atoms with Crippen molar-refractivity contribution in [1.82, 2.24) is 4.41 Å². The average molecular weight is 436 g/mol. The molecule has 1 heterocycles. The Balaban J connectivity index is 1.94. The summed E-state index contributed by atoms with van der Waals surface area (Å²) >= 11 is 0. The molecule has 0 bridgehead atoms. The first-order chi connectivity index (χ1) is 13.7. The first-order valence-corrected chi connectivity index (χ1v) is 12.7. The lowest BCUT2D eigenvalue weighted by Gasteiger charge is -2.24. The minimum Gasteiger partial charge on any atom is -0.284 e. The van der Waals surface area contributed by atoms with Crippen molar-refractivity contribution >= 4 is 31.4 Å². The maximum Gasteiger partial charge on any atom is 0.250 e. The van der Waals surface area contributed by atoms with Gasteiger partial charge in [-0.3, -0.25) is 4.72 Å². The molecule has 0 radical (unpaired) electrons. The van der Waals surface area contributed by atoms with Crippen molar-refractivity contribution in [3.05, 3.63) is 65.2 Å². The lowest BCUT2D eigenvalue weighted by molar-refractivity contribution is 0.371. The fraction of sp³-hybridized carbons (Fsp3) is 0.350. The second-order valence-corrected chi connectivity index (χ2v) is 11.0. The third-order valence-electron chi connectivity index (χ3n) is 4.94. The van der Waals surface area contributed by atoms with Gasteiger partial charge in [-0.2, -0.15) is 9.52 Å². The summed E-state index contributed by atoms with van der Waals surface area (Å²) in [6.07, 6.45) is 0.449. The Morgan fingerprint density at radius 1 is 1.00 bits per heavy atom. The zero-order valence-electron chi connectivity index (χ0n) is 16.7. The number of sulfonamides is 2. The van der Waals surface area contributed by atoms with E-state index in [1.165, 1.54) is 4.41 Å². The summed E-state index contributed by atoms with van der Waals surface area (Å²) in [7, 11) is -6.89. The molecule has 3 rings (SSSR count). The highest BCUT2D eigenvalue weighted by Crippen LogP contribution is 2.36. The molecule has 29 heavy (non-hydrogen) atoms. The first kappa shape index (κ1) is 21.3. The molecule has 0 saturated carbocycles. The molecule has 7 nitrogen and oxygen atoms in total. The van der Waals surface area contributed by atoms with E-state index in [2.05, 4.69) is 9.82 Å². The smallest absolute Gasteiger partial charge is 0.250 e. The second-order valence-electron chi connectivity index (χ2n) is 6.88. The van der Waals surface area contributed by atoms with E-state index in [1.54, 1.807) is 38.1 Å². The molecule has 0 aromatic heterocycles. The van der Waals surface area contributed by atoms with Crippen LogP contribution in [0.2, 0.25) is 0 Å². The molecule has 9 heteroatoms. The monoisotopic (exact) mass is 435 g/mol. The van der Waals surface area contributed by atoms with E-state index in [0.29, 0.717) is 17.8 Å². The molecule has 0 aliphatic carbocycles. The first-order valence-electron chi connectivity index (χ1n) is 9.43. The Morgan fingerprint density at radius 2 is 1.66 bits per heavy atom. The lowest BCUT2D eigenvalue weighted by atomic mass is 9.96. The van der Waals surface area contributed by atoms with Crippen LogP contribution in [-0.2, 0) is 20.0 Å². The Bertz CT molecular complexity index is 1120. The SMILES string of the molecule is CCS(=O)(=O)Nc1ccc(C2=NN(S(=O)(=O)CC)[C@@H](c3ccccc3C)C2)cc1. The van der Waals surface area contributed by atoms with Crippen LogP contribution in [0.4, 0.5) is 5.69 Å². The van der Waals surface area contributed by atoms with Crippen molar-refractivity contribution in [2.45, 2.75) is 33.2 Å². The molecule has 0 spiro atoms. The maximum absolute atomic E-state index is 12.7. The Morgan fingerprint density at radius 3 is 2.24 bits per heavy atom. The highest BCUT2D eigenvalue weighted by molar-refractivity contribution is 7.92. The van der Waals surface area contributed by atoms with Crippen LogP contribution in [0, 0.1) is 6.92 Å². The maximum atomic E-state index is 12.7. The molecule has 0 fully saturated rings. The summed E-state index contributed by atoms with van der Waals surface area (Å²) in [5.41, 5.74) is 3.81.